The zero-order valence-corrected chi connectivity index (χ0v) is 13.7. The van der Waals surface area contributed by atoms with Crippen molar-refractivity contribution in [1.29, 1.82) is 0 Å². The van der Waals surface area contributed by atoms with Crippen LogP contribution in [0.1, 0.15) is 33.6 Å². The third-order valence-corrected chi connectivity index (χ3v) is 3.37. The lowest BCUT2D eigenvalue weighted by Gasteiger charge is -2.25. The van der Waals surface area contributed by atoms with Crippen LogP contribution in [0.4, 0.5) is 0 Å². The number of hydrogen-bond acceptors (Lipinski definition) is 4. The Labute approximate surface area is 127 Å². The molecular weight excluding hydrogens is 268 g/mol. The second-order valence-corrected chi connectivity index (χ2v) is 4.60. The van der Waals surface area contributed by atoms with Crippen LogP contribution in [0, 0.1) is 0 Å². The summed E-state index contributed by atoms with van der Waals surface area (Å²) < 4.78 is 10.7. The Balaban J connectivity index is 0.00000106. The summed E-state index contributed by atoms with van der Waals surface area (Å²) in [6, 6.07) is 0. The number of carbonyl (C=O) groups is 1. The second kappa shape index (κ2) is 8.62. The van der Waals surface area contributed by atoms with Crippen LogP contribution >= 0.6 is 0 Å². The number of amides is 1. The Morgan fingerprint density at radius 2 is 2.10 bits per heavy atom. The maximum atomic E-state index is 12.5. The molecule has 1 amide bonds. The molecule has 1 atom stereocenters. The van der Waals surface area contributed by atoms with Crippen LogP contribution in [0.15, 0.2) is 28.1 Å². The number of ether oxygens (including phenoxy) is 2. The van der Waals surface area contributed by atoms with Crippen molar-refractivity contribution in [3.8, 4) is 0 Å². The molecule has 1 aliphatic heterocycles. The van der Waals surface area contributed by atoms with E-state index in [-0.39, 0.29) is 12.0 Å². The van der Waals surface area contributed by atoms with E-state index in [9.17, 15) is 4.79 Å². The molecule has 0 fully saturated rings. The van der Waals surface area contributed by atoms with E-state index in [1.807, 2.05) is 18.7 Å². The van der Waals surface area contributed by atoms with Gasteiger partial charge in [0.25, 0.3) is 5.91 Å². The van der Waals surface area contributed by atoms with Crippen molar-refractivity contribution in [3.05, 3.63) is 23.1 Å². The number of hydrogen-bond donors (Lipinski definition) is 0. The standard InChI is InChI=1S/C14H20N2O3.C2H6/c1-4-6-16-7-5-15-11-9-13(19-3)12(18-2)8-10(11)14(16)17;1-2/h5,8,13H,4,6-7,9H2,1-3H3;1-2H3. The van der Waals surface area contributed by atoms with Crippen molar-refractivity contribution >= 4 is 12.1 Å². The first kappa shape index (κ1) is 17.4. The van der Waals surface area contributed by atoms with Gasteiger partial charge in [0.05, 0.1) is 24.9 Å². The van der Waals surface area contributed by atoms with Crippen molar-refractivity contribution in [2.45, 2.75) is 39.7 Å². The molecule has 0 spiro atoms. The lowest BCUT2D eigenvalue weighted by atomic mass is 9.98. The first-order chi connectivity index (χ1) is 10.2. The Morgan fingerprint density at radius 3 is 2.67 bits per heavy atom. The van der Waals surface area contributed by atoms with Gasteiger partial charge >= 0.3 is 0 Å². The second-order valence-electron chi connectivity index (χ2n) is 4.60. The number of methoxy groups -OCH3 is 2. The molecular formula is C16H26N2O3. The minimum Gasteiger partial charge on any atom is -0.498 e. The Hall–Kier alpha value is -1.62. The summed E-state index contributed by atoms with van der Waals surface area (Å²) in [6.07, 6.45) is 4.92. The van der Waals surface area contributed by atoms with Crippen LogP contribution < -0.4 is 0 Å². The molecule has 2 rings (SSSR count). The van der Waals surface area contributed by atoms with Crippen molar-refractivity contribution in [3.63, 3.8) is 0 Å². The third kappa shape index (κ3) is 3.94. The summed E-state index contributed by atoms with van der Waals surface area (Å²) in [4.78, 5) is 18.7. The van der Waals surface area contributed by atoms with Crippen LogP contribution in [-0.2, 0) is 14.3 Å². The number of aliphatic imine (C=N–C) groups is 1. The molecule has 0 radical (unpaired) electrons. The fourth-order valence-corrected chi connectivity index (χ4v) is 2.37. The minimum atomic E-state index is -0.161. The maximum absolute atomic E-state index is 12.5. The van der Waals surface area contributed by atoms with Gasteiger partial charge in [-0.05, 0) is 12.5 Å². The van der Waals surface area contributed by atoms with Gasteiger partial charge in [-0.2, -0.15) is 0 Å². The molecule has 0 aromatic heterocycles. The maximum Gasteiger partial charge on any atom is 0.256 e. The quantitative estimate of drug-likeness (QED) is 0.800. The molecule has 0 bridgehead atoms. The largest absolute Gasteiger partial charge is 0.498 e. The number of carbonyl (C=O) groups excluding carboxylic acids is 1. The van der Waals surface area contributed by atoms with E-state index in [4.69, 9.17) is 9.47 Å². The van der Waals surface area contributed by atoms with Crippen LogP contribution in [0.5, 0.6) is 0 Å². The fraction of sp³-hybridized carbons (Fsp3) is 0.625. The van der Waals surface area contributed by atoms with E-state index in [2.05, 4.69) is 11.9 Å². The Morgan fingerprint density at radius 1 is 1.38 bits per heavy atom. The van der Waals surface area contributed by atoms with Gasteiger partial charge in [0.15, 0.2) is 0 Å². The topological polar surface area (TPSA) is 51.1 Å². The van der Waals surface area contributed by atoms with Gasteiger partial charge in [0.2, 0.25) is 0 Å². The van der Waals surface area contributed by atoms with Crippen molar-refractivity contribution in [1.82, 2.24) is 4.90 Å². The predicted octanol–water partition coefficient (Wildman–Crippen LogP) is 2.54. The van der Waals surface area contributed by atoms with Crippen LogP contribution in [0.25, 0.3) is 0 Å². The Kier molecular flexibility index (Phi) is 7.15. The molecule has 0 aromatic rings. The molecule has 0 N–H and O–H groups in total. The highest BCUT2D eigenvalue weighted by Crippen LogP contribution is 2.29. The zero-order valence-electron chi connectivity index (χ0n) is 13.7. The van der Waals surface area contributed by atoms with Gasteiger partial charge in [-0.1, -0.05) is 20.8 Å². The van der Waals surface area contributed by atoms with Gasteiger partial charge in [0, 0.05) is 26.3 Å². The third-order valence-electron chi connectivity index (χ3n) is 3.37. The smallest absolute Gasteiger partial charge is 0.256 e. The summed E-state index contributed by atoms with van der Waals surface area (Å²) in [6.45, 7) is 7.36. The van der Waals surface area contributed by atoms with Crippen LogP contribution in [0.3, 0.4) is 0 Å². The lowest BCUT2D eigenvalue weighted by Crippen LogP contribution is -2.34. The summed E-state index contributed by atoms with van der Waals surface area (Å²) in [5.41, 5.74) is 1.42. The van der Waals surface area contributed by atoms with Gasteiger partial charge in [-0.3, -0.25) is 9.79 Å². The summed E-state index contributed by atoms with van der Waals surface area (Å²) in [5, 5.41) is 0. The van der Waals surface area contributed by atoms with Crippen molar-refractivity contribution < 1.29 is 14.3 Å². The highest BCUT2D eigenvalue weighted by Gasteiger charge is 2.30. The highest BCUT2D eigenvalue weighted by molar-refractivity contribution is 5.99. The molecule has 5 heteroatoms. The van der Waals surface area contributed by atoms with E-state index in [0.29, 0.717) is 24.3 Å². The molecule has 0 saturated heterocycles. The highest BCUT2D eigenvalue weighted by atomic mass is 16.5. The molecule has 1 aliphatic carbocycles. The number of rotatable bonds is 4. The number of nitrogens with zero attached hydrogens (tertiary/aromatic N) is 2. The van der Waals surface area contributed by atoms with E-state index in [0.717, 1.165) is 18.7 Å². The van der Waals surface area contributed by atoms with E-state index in [1.54, 1.807) is 26.5 Å². The first-order valence-corrected chi connectivity index (χ1v) is 7.54. The van der Waals surface area contributed by atoms with E-state index >= 15 is 0 Å². The van der Waals surface area contributed by atoms with Crippen LogP contribution in [-0.4, -0.2) is 50.4 Å². The van der Waals surface area contributed by atoms with Gasteiger partial charge in [0.1, 0.15) is 11.9 Å². The Bertz CT molecular complexity index is 452. The van der Waals surface area contributed by atoms with Crippen molar-refractivity contribution in [2.24, 2.45) is 4.99 Å². The molecule has 0 aromatic carbocycles. The molecule has 118 valence electrons. The molecule has 21 heavy (non-hydrogen) atoms. The van der Waals surface area contributed by atoms with Crippen molar-refractivity contribution in [2.75, 3.05) is 27.3 Å². The first-order valence-electron chi connectivity index (χ1n) is 7.54. The van der Waals surface area contributed by atoms with Gasteiger partial charge < -0.3 is 14.4 Å². The normalized spacial score (nSPS) is 21.2. The monoisotopic (exact) mass is 294 g/mol. The summed E-state index contributed by atoms with van der Waals surface area (Å²) >= 11 is 0. The lowest BCUT2D eigenvalue weighted by molar-refractivity contribution is -0.126. The minimum absolute atomic E-state index is 0.0263. The summed E-state index contributed by atoms with van der Waals surface area (Å²) in [5.74, 6) is 0.710. The zero-order chi connectivity index (χ0) is 15.8. The molecule has 5 nitrogen and oxygen atoms in total. The average Bonchev–Trinajstić information content (AvgIpc) is 2.68. The SMILES string of the molecule is CC.CCCN1CC=NC2=C(C=C(OC)C(OC)C2)C1=O. The average molecular weight is 294 g/mol. The molecule has 1 unspecified atom stereocenters. The van der Waals surface area contributed by atoms with Gasteiger partial charge in [-0.15, -0.1) is 0 Å². The molecule has 0 saturated carbocycles. The fourth-order valence-electron chi connectivity index (χ4n) is 2.37. The molecule has 2 aliphatic rings. The van der Waals surface area contributed by atoms with E-state index < -0.39 is 0 Å². The predicted molar refractivity (Wildman–Crippen MR) is 84.2 cm³/mol. The van der Waals surface area contributed by atoms with E-state index in [1.165, 1.54) is 0 Å². The van der Waals surface area contributed by atoms with Gasteiger partial charge in [-0.25, -0.2) is 0 Å². The van der Waals surface area contributed by atoms with Crippen LogP contribution in [0.2, 0.25) is 0 Å². The molecule has 1 heterocycles. The summed E-state index contributed by atoms with van der Waals surface area (Å²) in [7, 11) is 3.23.